The number of rotatable bonds is 5. The molecule has 0 radical (unpaired) electrons. The molecule has 2 unspecified atom stereocenters. The molecule has 7 heteroatoms. The van der Waals surface area contributed by atoms with Gasteiger partial charge in [-0.2, -0.15) is 5.10 Å². The number of carbonyl (C=O) groups is 1. The normalized spacial score (nSPS) is 21.0. The van der Waals surface area contributed by atoms with Gasteiger partial charge in [0.15, 0.2) is 5.82 Å². The molecule has 2 aromatic heterocycles. The highest BCUT2D eigenvalue weighted by Crippen LogP contribution is 2.34. The Balaban J connectivity index is 1.69. The number of nitrogens with zero attached hydrogens (tertiary/aromatic N) is 3. The lowest BCUT2D eigenvalue weighted by Crippen LogP contribution is -2.21. The highest BCUT2D eigenvalue weighted by molar-refractivity contribution is 5.71. The standard InChI is InChI=1S/C16H22N4O3/c1-10(2)16(21)22-8-11-4-7-14(23-11)12-5-6-13-15(17-3)18-9-19-20(12)13/h5-6,9-11,14H,4,7-8H2,1-3H3,(H,17,18,19). The van der Waals surface area contributed by atoms with Crippen LogP contribution in [0, 0.1) is 5.92 Å². The van der Waals surface area contributed by atoms with E-state index in [1.807, 2.05) is 37.5 Å². The molecule has 0 aromatic carbocycles. The zero-order valence-corrected chi connectivity index (χ0v) is 13.7. The molecule has 0 spiro atoms. The minimum Gasteiger partial charge on any atom is -0.463 e. The number of esters is 1. The third kappa shape index (κ3) is 3.14. The summed E-state index contributed by atoms with van der Waals surface area (Å²) >= 11 is 0. The van der Waals surface area contributed by atoms with Gasteiger partial charge in [0.05, 0.1) is 17.7 Å². The van der Waals surface area contributed by atoms with Crippen molar-refractivity contribution < 1.29 is 14.3 Å². The molecule has 0 aliphatic carbocycles. The summed E-state index contributed by atoms with van der Waals surface area (Å²) in [6.45, 7) is 3.96. The Morgan fingerprint density at radius 3 is 3.04 bits per heavy atom. The molecule has 1 N–H and O–H groups in total. The molecule has 3 rings (SSSR count). The van der Waals surface area contributed by atoms with Crippen molar-refractivity contribution in [2.45, 2.75) is 38.9 Å². The predicted octanol–water partition coefficient (Wildman–Crippen LogP) is 2.19. The van der Waals surface area contributed by atoms with Crippen LogP contribution in [0.1, 0.15) is 38.5 Å². The van der Waals surface area contributed by atoms with Crippen molar-refractivity contribution in [3.05, 3.63) is 24.2 Å². The molecule has 23 heavy (non-hydrogen) atoms. The maximum atomic E-state index is 11.5. The number of ether oxygens (including phenoxy) is 2. The summed E-state index contributed by atoms with van der Waals surface area (Å²) in [5, 5.41) is 7.37. The molecule has 2 aromatic rings. The fraction of sp³-hybridized carbons (Fsp3) is 0.562. The Bertz CT molecular complexity index is 698. The second-order valence-electron chi connectivity index (χ2n) is 6.02. The van der Waals surface area contributed by atoms with E-state index in [0.717, 1.165) is 29.9 Å². The Hall–Kier alpha value is -2.15. The lowest BCUT2D eigenvalue weighted by molar-refractivity contribution is -0.151. The molecule has 3 heterocycles. The molecular weight excluding hydrogens is 296 g/mol. The molecule has 1 aliphatic rings. The maximum absolute atomic E-state index is 11.5. The second-order valence-corrected chi connectivity index (χ2v) is 6.02. The van der Waals surface area contributed by atoms with Gasteiger partial charge in [0.1, 0.15) is 24.6 Å². The largest absolute Gasteiger partial charge is 0.463 e. The molecule has 0 amide bonds. The third-order valence-electron chi connectivity index (χ3n) is 4.04. The van der Waals surface area contributed by atoms with Crippen molar-refractivity contribution in [3.63, 3.8) is 0 Å². The number of aromatic nitrogens is 3. The number of hydrogen-bond donors (Lipinski definition) is 1. The number of fused-ring (bicyclic) bond motifs is 1. The Morgan fingerprint density at radius 2 is 2.30 bits per heavy atom. The first-order valence-corrected chi connectivity index (χ1v) is 7.92. The van der Waals surface area contributed by atoms with Crippen LogP contribution in [0.4, 0.5) is 5.82 Å². The van der Waals surface area contributed by atoms with Crippen LogP contribution in [0.2, 0.25) is 0 Å². The van der Waals surface area contributed by atoms with E-state index in [9.17, 15) is 4.79 Å². The summed E-state index contributed by atoms with van der Waals surface area (Å²) < 4.78 is 13.2. The van der Waals surface area contributed by atoms with E-state index in [1.165, 1.54) is 6.33 Å². The summed E-state index contributed by atoms with van der Waals surface area (Å²) in [7, 11) is 1.83. The fourth-order valence-corrected chi connectivity index (χ4v) is 2.78. The van der Waals surface area contributed by atoms with Crippen molar-refractivity contribution in [3.8, 4) is 0 Å². The van der Waals surface area contributed by atoms with Gasteiger partial charge in [-0.05, 0) is 25.0 Å². The van der Waals surface area contributed by atoms with Gasteiger partial charge in [-0.1, -0.05) is 13.8 Å². The molecule has 1 aliphatic heterocycles. The molecule has 0 bridgehead atoms. The Kier molecular flexibility index (Phi) is 4.47. The average molecular weight is 318 g/mol. The quantitative estimate of drug-likeness (QED) is 0.852. The van der Waals surface area contributed by atoms with Crippen molar-refractivity contribution in [2.24, 2.45) is 5.92 Å². The van der Waals surface area contributed by atoms with Gasteiger partial charge in [-0.3, -0.25) is 4.79 Å². The van der Waals surface area contributed by atoms with Crippen molar-refractivity contribution in [1.82, 2.24) is 14.6 Å². The average Bonchev–Trinajstić information content (AvgIpc) is 3.18. The van der Waals surface area contributed by atoms with Crippen LogP contribution < -0.4 is 5.32 Å². The summed E-state index contributed by atoms with van der Waals surface area (Å²) in [4.78, 5) is 15.8. The highest BCUT2D eigenvalue weighted by Gasteiger charge is 2.30. The van der Waals surface area contributed by atoms with Crippen LogP contribution in [-0.4, -0.2) is 40.3 Å². The first-order chi connectivity index (χ1) is 11.1. The lowest BCUT2D eigenvalue weighted by atomic mass is 10.1. The van der Waals surface area contributed by atoms with Crippen LogP contribution in [0.5, 0.6) is 0 Å². The van der Waals surface area contributed by atoms with Crippen LogP contribution in [0.3, 0.4) is 0 Å². The van der Waals surface area contributed by atoms with Gasteiger partial charge in [-0.15, -0.1) is 0 Å². The first kappa shape index (κ1) is 15.7. The van der Waals surface area contributed by atoms with E-state index in [-0.39, 0.29) is 24.1 Å². The van der Waals surface area contributed by atoms with Crippen molar-refractivity contribution in [2.75, 3.05) is 19.0 Å². The minimum atomic E-state index is -0.184. The summed E-state index contributed by atoms with van der Waals surface area (Å²) in [5.74, 6) is 0.488. The highest BCUT2D eigenvalue weighted by atomic mass is 16.6. The molecule has 124 valence electrons. The van der Waals surface area contributed by atoms with Gasteiger partial charge in [0.2, 0.25) is 0 Å². The molecule has 2 atom stereocenters. The number of carbonyl (C=O) groups excluding carboxylic acids is 1. The Labute approximate surface area is 135 Å². The monoisotopic (exact) mass is 318 g/mol. The van der Waals surface area contributed by atoms with Crippen molar-refractivity contribution >= 4 is 17.3 Å². The Morgan fingerprint density at radius 1 is 1.48 bits per heavy atom. The van der Waals surface area contributed by atoms with E-state index >= 15 is 0 Å². The molecule has 0 saturated carbocycles. The number of nitrogens with one attached hydrogen (secondary N) is 1. The molecule has 1 fully saturated rings. The molecule has 7 nitrogen and oxygen atoms in total. The second kappa shape index (κ2) is 6.54. The van der Waals surface area contributed by atoms with Gasteiger partial charge in [-0.25, -0.2) is 9.50 Å². The maximum Gasteiger partial charge on any atom is 0.308 e. The van der Waals surface area contributed by atoms with Gasteiger partial charge < -0.3 is 14.8 Å². The van der Waals surface area contributed by atoms with E-state index in [4.69, 9.17) is 9.47 Å². The zero-order valence-electron chi connectivity index (χ0n) is 13.7. The third-order valence-corrected chi connectivity index (χ3v) is 4.04. The van der Waals surface area contributed by atoms with E-state index in [2.05, 4.69) is 15.4 Å². The summed E-state index contributed by atoms with van der Waals surface area (Å²) in [5.41, 5.74) is 1.92. The summed E-state index contributed by atoms with van der Waals surface area (Å²) in [6, 6.07) is 3.99. The zero-order chi connectivity index (χ0) is 16.4. The fourth-order valence-electron chi connectivity index (χ4n) is 2.78. The summed E-state index contributed by atoms with van der Waals surface area (Å²) in [6.07, 6.45) is 3.18. The SMILES string of the molecule is CNc1ncnn2c(C3CCC(COC(=O)C(C)C)O3)ccc12. The van der Waals surface area contributed by atoms with Gasteiger partial charge >= 0.3 is 5.97 Å². The van der Waals surface area contributed by atoms with Crippen LogP contribution in [-0.2, 0) is 14.3 Å². The number of hydrogen-bond acceptors (Lipinski definition) is 6. The van der Waals surface area contributed by atoms with Crippen LogP contribution in [0.25, 0.3) is 5.52 Å². The van der Waals surface area contributed by atoms with Gasteiger partial charge in [0, 0.05) is 7.05 Å². The minimum absolute atomic E-state index is 0.0418. The van der Waals surface area contributed by atoms with E-state index < -0.39 is 0 Å². The smallest absolute Gasteiger partial charge is 0.308 e. The predicted molar refractivity (Wildman–Crippen MR) is 85.2 cm³/mol. The van der Waals surface area contributed by atoms with Crippen molar-refractivity contribution in [1.29, 1.82) is 0 Å². The van der Waals surface area contributed by atoms with Crippen LogP contribution >= 0.6 is 0 Å². The van der Waals surface area contributed by atoms with Crippen LogP contribution in [0.15, 0.2) is 18.5 Å². The van der Waals surface area contributed by atoms with E-state index in [0.29, 0.717) is 6.61 Å². The topological polar surface area (TPSA) is 77.8 Å². The molecule has 1 saturated heterocycles. The first-order valence-electron chi connectivity index (χ1n) is 7.92. The van der Waals surface area contributed by atoms with Gasteiger partial charge in [0.25, 0.3) is 0 Å². The molecular formula is C16H22N4O3. The number of anilines is 1. The lowest BCUT2D eigenvalue weighted by Gasteiger charge is -2.15. The van der Waals surface area contributed by atoms with E-state index in [1.54, 1.807) is 0 Å².